The van der Waals surface area contributed by atoms with E-state index in [1.165, 1.54) is 18.9 Å². The van der Waals surface area contributed by atoms with Crippen LogP contribution < -0.4 is 4.74 Å². The quantitative estimate of drug-likeness (QED) is 0.656. The van der Waals surface area contributed by atoms with E-state index in [9.17, 15) is 0 Å². The van der Waals surface area contributed by atoms with Crippen LogP contribution in [-0.4, -0.2) is 7.11 Å². The molecule has 0 atom stereocenters. The lowest BCUT2D eigenvalue weighted by Crippen LogP contribution is -1.81. The number of thioether (sulfide) groups is 4. The monoisotopic (exact) mass is 336 g/mol. The zero-order chi connectivity index (χ0) is 13.8. The number of rotatable bonds is 3. The third-order valence-corrected chi connectivity index (χ3v) is 7.63. The van der Waals surface area contributed by atoms with Gasteiger partial charge in [-0.15, -0.1) is 0 Å². The van der Waals surface area contributed by atoms with E-state index in [-0.39, 0.29) is 0 Å². The van der Waals surface area contributed by atoms with Crippen LogP contribution in [0.5, 0.6) is 5.75 Å². The number of ether oxygens (including phenoxy) is 1. The minimum absolute atomic E-state index is 0.891. The summed E-state index contributed by atoms with van der Waals surface area (Å²) in [5, 5.41) is 6.49. The van der Waals surface area contributed by atoms with Crippen molar-refractivity contribution in [3.8, 4) is 5.75 Å². The van der Waals surface area contributed by atoms with Gasteiger partial charge in [0, 0.05) is 4.91 Å². The van der Waals surface area contributed by atoms with Gasteiger partial charge in [0.15, 0.2) is 0 Å². The van der Waals surface area contributed by atoms with Gasteiger partial charge in [-0.25, -0.2) is 0 Å². The van der Waals surface area contributed by atoms with Crippen molar-refractivity contribution in [1.82, 2.24) is 0 Å². The topological polar surface area (TPSA) is 9.23 Å². The molecular formula is C15H12OS4. The number of hydrogen-bond donors (Lipinski definition) is 0. The van der Waals surface area contributed by atoms with Crippen LogP contribution in [0.2, 0.25) is 0 Å². The summed E-state index contributed by atoms with van der Waals surface area (Å²) >= 11 is 7.28. The molecule has 3 rings (SSSR count). The lowest BCUT2D eigenvalue weighted by molar-refractivity contribution is 0.415. The Morgan fingerprint density at radius 3 is 2.35 bits per heavy atom. The Morgan fingerprint density at radius 1 is 0.900 bits per heavy atom. The molecule has 1 aromatic rings. The Kier molecular flexibility index (Phi) is 4.94. The van der Waals surface area contributed by atoms with Gasteiger partial charge in [-0.1, -0.05) is 65.3 Å². The average Bonchev–Trinajstić information content (AvgIpc) is 3.16. The summed E-state index contributed by atoms with van der Waals surface area (Å²) in [5.41, 5.74) is 1.18. The van der Waals surface area contributed by atoms with Crippen LogP contribution in [0.4, 0.5) is 0 Å². The summed E-state index contributed by atoms with van der Waals surface area (Å²) in [4.78, 5) is 1.29. The fraction of sp³-hybridized carbons (Fsp3) is 0.0667. The Labute approximate surface area is 136 Å². The zero-order valence-corrected chi connectivity index (χ0v) is 14.0. The molecule has 0 spiro atoms. The van der Waals surface area contributed by atoms with Crippen molar-refractivity contribution in [2.24, 2.45) is 0 Å². The molecule has 0 radical (unpaired) electrons. The minimum Gasteiger partial charge on any atom is -0.497 e. The van der Waals surface area contributed by atoms with Crippen molar-refractivity contribution >= 4 is 53.1 Å². The molecule has 1 nitrogen and oxygen atoms in total. The van der Waals surface area contributed by atoms with Crippen molar-refractivity contribution in [2.45, 2.75) is 0 Å². The van der Waals surface area contributed by atoms with E-state index in [1.54, 1.807) is 7.11 Å². The van der Waals surface area contributed by atoms with Crippen LogP contribution in [0.1, 0.15) is 5.56 Å². The molecule has 20 heavy (non-hydrogen) atoms. The highest BCUT2D eigenvalue weighted by Gasteiger charge is 2.17. The summed E-state index contributed by atoms with van der Waals surface area (Å²) in [6, 6.07) is 8.09. The predicted octanol–water partition coefficient (Wildman–Crippen LogP) is 6.11. The van der Waals surface area contributed by atoms with E-state index in [0.717, 1.165) is 5.75 Å². The number of methoxy groups -OCH3 is 1. The minimum atomic E-state index is 0.891. The normalized spacial score (nSPS) is 18.1. The van der Waals surface area contributed by atoms with E-state index < -0.39 is 0 Å². The van der Waals surface area contributed by atoms with Crippen LogP contribution in [-0.2, 0) is 0 Å². The van der Waals surface area contributed by atoms with Crippen LogP contribution >= 0.6 is 47.0 Å². The summed E-state index contributed by atoms with van der Waals surface area (Å²) < 4.78 is 7.94. The van der Waals surface area contributed by atoms with E-state index in [1.807, 2.05) is 59.2 Å². The highest BCUT2D eigenvalue weighted by Crippen LogP contribution is 2.53. The second-order valence-electron chi connectivity index (χ2n) is 3.93. The number of allylic oxidation sites excluding steroid dienone is 1. The molecule has 0 amide bonds. The average molecular weight is 337 g/mol. The summed E-state index contributed by atoms with van der Waals surface area (Å²) in [7, 11) is 1.69. The second-order valence-corrected chi connectivity index (χ2v) is 8.24. The van der Waals surface area contributed by atoms with Gasteiger partial charge in [-0.3, -0.25) is 0 Å². The van der Waals surface area contributed by atoms with Crippen molar-refractivity contribution in [3.05, 3.63) is 65.5 Å². The molecule has 0 saturated carbocycles. The fourth-order valence-corrected chi connectivity index (χ4v) is 5.98. The molecule has 0 bridgehead atoms. The largest absolute Gasteiger partial charge is 0.497 e. The Hall–Kier alpha value is -0.620. The maximum Gasteiger partial charge on any atom is 0.118 e. The molecule has 2 heterocycles. The standard InChI is InChI=1S/C15H12OS4/c1-16-12-5-2-11(3-6-12)4-7-13-10-19-15(20-13)14-17-8-9-18-14/h2-10H,1H3/b7-4-. The van der Waals surface area contributed by atoms with Gasteiger partial charge in [-0.2, -0.15) is 0 Å². The first kappa shape index (κ1) is 14.3. The summed E-state index contributed by atoms with van der Waals surface area (Å²) in [6.45, 7) is 0. The third-order valence-electron chi connectivity index (χ3n) is 2.62. The van der Waals surface area contributed by atoms with Gasteiger partial charge >= 0.3 is 0 Å². The first-order valence-electron chi connectivity index (χ1n) is 5.94. The molecule has 0 N–H and O–H groups in total. The van der Waals surface area contributed by atoms with Crippen LogP contribution in [0.3, 0.4) is 0 Å². The third kappa shape index (κ3) is 3.52. The van der Waals surface area contributed by atoms with E-state index in [4.69, 9.17) is 4.74 Å². The zero-order valence-electron chi connectivity index (χ0n) is 10.7. The van der Waals surface area contributed by atoms with Crippen molar-refractivity contribution < 1.29 is 4.74 Å². The van der Waals surface area contributed by atoms with Crippen molar-refractivity contribution in [2.75, 3.05) is 7.11 Å². The highest BCUT2D eigenvalue weighted by molar-refractivity contribution is 8.33. The maximum atomic E-state index is 5.16. The molecule has 2 aliphatic rings. The Bertz CT molecular complexity index is 601. The number of benzene rings is 1. The van der Waals surface area contributed by atoms with Gasteiger partial charge in [-0.05, 0) is 40.0 Å². The molecule has 1 aromatic carbocycles. The van der Waals surface area contributed by atoms with E-state index in [2.05, 4.69) is 40.5 Å². The molecule has 5 heteroatoms. The van der Waals surface area contributed by atoms with Crippen LogP contribution in [0.15, 0.2) is 59.9 Å². The molecule has 102 valence electrons. The molecule has 2 aliphatic heterocycles. The van der Waals surface area contributed by atoms with Crippen molar-refractivity contribution in [3.63, 3.8) is 0 Å². The summed E-state index contributed by atoms with van der Waals surface area (Å²) in [6.07, 6.45) is 4.31. The van der Waals surface area contributed by atoms with Gasteiger partial charge in [0.1, 0.15) is 5.75 Å². The lowest BCUT2D eigenvalue weighted by atomic mass is 10.2. The van der Waals surface area contributed by atoms with Gasteiger partial charge in [0.05, 0.1) is 15.6 Å². The first-order chi connectivity index (χ1) is 9.85. The second kappa shape index (κ2) is 6.89. The molecule has 0 aromatic heterocycles. The smallest absolute Gasteiger partial charge is 0.118 e. The summed E-state index contributed by atoms with van der Waals surface area (Å²) in [5.74, 6) is 0.891. The SMILES string of the molecule is COc1ccc(/C=C\C2=CSC(=C3SC=CS3)S2)cc1. The Morgan fingerprint density at radius 2 is 1.65 bits per heavy atom. The lowest BCUT2D eigenvalue weighted by Gasteiger charge is -2.00. The molecule has 0 fully saturated rings. The van der Waals surface area contributed by atoms with Crippen molar-refractivity contribution in [1.29, 1.82) is 0 Å². The predicted molar refractivity (Wildman–Crippen MR) is 96.6 cm³/mol. The number of hydrogen-bond acceptors (Lipinski definition) is 5. The van der Waals surface area contributed by atoms with E-state index in [0.29, 0.717) is 0 Å². The molecule has 0 saturated heterocycles. The van der Waals surface area contributed by atoms with Gasteiger partial charge in [0.2, 0.25) is 0 Å². The molecule has 0 unspecified atom stereocenters. The fourth-order valence-electron chi connectivity index (χ4n) is 1.63. The highest BCUT2D eigenvalue weighted by atomic mass is 32.2. The van der Waals surface area contributed by atoms with Gasteiger partial charge < -0.3 is 4.74 Å². The molecule has 0 aliphatic carbocycles. The van der Waals surface area contributed by atoms with Gasteiger partial charge in [0.25, 0.3) is 0 Å². The van der Waals surface area contributed by atoms with E-state index >= 15 is 0 Å². The van der Waals surface area contributed by atoms with Crippen LogP contribution in [0.25, 0.3) is 6.08 Å². The Balaban J connectivity index is 1.63. The first-order valence-corrected chi connectivity index (χ1v) is 9.40. The molecular weight excluding hydrogens is 324 g/mol. The maximum absolute atomic E-state index is 5.16. The van der Waals surface area contributed by atoms with Crippen LogP contribution in [0, 0.1) is 0 Å².